The van der Waals surface area contributed by atoms with Crippen LogP contribution < -0.4 is 10.5 Å². The van der Waals surface area contributed by atoms with E-state index in [1.54, 1.807) is 18.4 Å². The number of nitrogens with two attached hydrogens (primary N) is 1. The Morgan fingerprint density at radius 1 is 1.40 bits per heavy atom. The number of nitrogen functional groups attached to an aromatic ring is 1. The first-order valence-electron chi connectivity index (χ1n) is 6.64. The second-order valence-corrected chi connectivity index (χ2v) is 6.12. The lowest BCUT2D eigenvalue weighted by Gasteiger charge is -2.01. The summed E-state index contributed by atoms with van der Waals surface area (Å²) in [5.74, 6) is 1.52. The predicted octanol–water partition coefficient (Wildman–Crippen LogP) is 2.90. The molecular formula is C15H17N3OS. The molecule has 1 aromatic heterocycles. The van der Waals surface area contributed by atoms with E-state index in [4.69, 9.17) is 20.9 Å². The first-order chi connectivity index (χ1) is 9.67. The topological polar surface area (TPSA) is 72.0 Å². The highest BCUT2D eigenvalue weighted by molar-refractivity contribution is 7.13. The Morgan fingerprint density at radius 2 is 2.10 bits per heavy atom. The molecule has 1 aromatic carbocycles. The molecule has 0 unspecified atom stereocenters. The zero-order chi connectivity index (χ0) is 14.1. The summed E-state index contributed by atoms with van der Waals surface area (Å²) in [4.78, 5) is 5.56. The first-order valence-corrected chi connectivity index (χ1v) is 7.46. The average Bonchev–Trinajstić information content (AvgIpc) is 3.21. The summed E-state index contributed by atoms with van der Waals surface area (Å²) < 4.78 is 5.16. The van der Waals surface area contributed by atoms with E-state index < -0.39 is 0 Å². The van der Waals surface area contributed by atoms with Crippen LogP contribution in [0.25, 0.3) is 0 Å². The number of hydrogen-bond acceptors (Lipinski definition) is 4. The minimum absolute atomic E-state index is 0.144. The highest BCUT2D eigenvalue weighted by Gasteiger charge is 2.30. The molecule has 104 valence electrons. The number of hydrogen-bond donors (Lipinski definition) is 2. The van der Waals surface area contributed by atoms with Crippen molar-refractivity contribution < 1.29 is 4.74 Å². The van der Waals surface area contributed by atoms with Gasteiger partial charge in [-0.3, -0.25) is 5.41 Å². The van der Waals surface area contributed by atoms with Crippen LogP contribution in [0.3, 0.4) is 0 Å². The van der Waals surface area contributed by atoms with Crippen molar-refractivity contribution in [3.8, 4) is 5.75 Å². The van der Waals surface area contributed by atoms with Gasteiger partial charge in [-0.2, -0.15) is 0 Å². The highest BCUT2D eigenvalue weighted by atomic mass is 32.1. The molecule has 0 spiro atoms. The van der Waals surface area contributed by atoms with Gasteiger partial charge in [0.05, 0.1) is 22.7 Å². The Kier molecular flexibility index (Phi) is 3.44. The van der Waals surface area contributed by atoms with Crippen LogP contribution in [-0.2, 0) is 6.42 Å². The zero-order valence-corrected chi connectivity index (χ0v) is 12.2. The maximum Gasteiger partial charge on any atom is 0.135 e. The number of nitrogens with zero attached hydrogens (tertiary/aromatic N) is 1. The Labute approximate surface area is 122 Å². The van der Waals surface area contributed by atoms with Crippen LogP contribution in [0.1, 0.15) is 39.9 Å². The van der Waals surface area contributed by atoms with E-state index in [0.717, 1.165) is 27.7 Å². The molecule has 0 radical (unpaired) electrons. The normalized spacial score (nSPS) is 14.2. The molecule has 1 saturated carbocycles. The van der Waals surface area contributed by atoms with E-state index in [0.29, 0.717) is 5.92 Å². The van der Waals surface area contributed by atoms with Crippen molar-refractivity contribution in [1.82, 2.24) is 4.98 Å². The Balaban J connectivity index is 1.82. The van der Waals surface area contributed by atoms with E-state index in [2.05, 4.69) is 0 Å². The van der Waals surface area contributed by atoms with Crippen molar-refractivity contribution in [1.29, 1.82) is 5.41 Å². The summed E-state index contributed by atoms with van der Waals surface area (Å²) in [6.45, 7) is 0. The highest BCUT2D eigenvalue weighted by Crippen LogP contribution is 2.42. The van der Waals surface area contributed by atoms with E-state index in [-0.39, 0.29) is 5.84 Å². The first kappa shape index (κ1) is 13.1. The Morgan fingerprint density at radius 3 is 2.65 bits per heavy atom. The van der Waals surface area contributed by atoms with Gasteiger partial charge in [0.2, 0.25) is 0 Å². The van der Waals surface area contributed by atoms with Crippen molar-refractivity contribution in [3.05, 3.63) is 45.4 Å². The summed E-state index contributed by atoms with van der Waals surface area (Å²) in [5, 5.41) is 8.71. The Hall–Kier alpha value is -1.88. The summed E-state index contributed by atoms with van der Waals surface area (Å²) in [6.07, 6.45) is 3.12. The summed E-state index contributed by atoms with van der Waals surface area (Å²) >= 11 is 1.55. The summed E-state index contributed by atoms with van der Waals surface area (Å²) in [7, 11) is 1.66. The fourth-order valence-corrected chi connectivity index (χ4v) is 3.24. The maximum absolute atomic E-state index is 7.68. The van der Waals surface area contributed by atoms with Gasteiger partial charge in [0.1, 0.15) is 11.6 Å². The molecule has 20 heavy (non-hydrogen) atoms. The largest absolute Gasteiger partial charge is 0.497 e. The van der Waals surface area contributed by atoms with Crippen LogP contribution in [0.2, 0.25) is 0 Å². The maximum atomic E-state index is 7.68. The van der Waals surface area contributed by atoms with E-state index in [1.165, 1.54) is 18.4 Å². The lowest BCUT2D eigenvalue weighted by molar-refractivity contribution is 0.414. The molecule has 3 N–H and O–H groups in total. The monoisotopic (exact) mass is 287 g/mol. The third kappa shape index (κ3) is 2.67. The van der Waals surface area contributed by atoms with Gasteiger partial charge in [0.25, 0.3) is 0 Å². The molecule has 5 heteroatoms. The molecule has 2 aromatic rings. The van der Waals surface area contributed by atoms with Crippen LogP contribution in [-0.4, -0.2) is 17.9 Å². The van der Waals surface area contributed by atoms with Crippen molar-refractivity contribution in [3.63, 3.8) is 0 Å². The molecule has 4 nitrogen and oxygen atoms in total. The third-order valence-electron chi connectivity index (χ3n) is 3.42. The number of ether oxygens (including phenoxy) is 1. The van der Waals surface area contributed by atoms with Crippen molar-refractivity contribution >= 4 is 17.2 Å². The number of amidine groups is 1. The van der Waals surface area contributed by atoms with Gasteiger partial charge < -0.3 is 10.5 Å². The Bertz CT molecular complexity index is 629. The zero-order valence-electron chi connectivity index (χ0n) is 11.3. The molecule has 1 heterocycles. The fraction of sp³-hybridized carbons (Fsp3) is 0.333. The van der Waals surface area contributed by atoms with Gasteiger partial charge in [0, 0.05) is 12.3 Å². The van der Waals surface area contributed by atoms with Crippen LogP contribution in [0, 0.1) is 5.41 Å². The van der Waals surface area contributed by atoms with Crippen LogP contribution in [0.15, 0.2) is 24.3 Å². The van der Waals surface area contributed by atoms with Gasteiger partial charge in [-0.05, 0) is 30.5 Å². The summed E-state index contributed by atoms with van der Waals surface area (Å²) in [6, 6.07) is 8.00. The predicted molar refractivity (Wildman–Crippen MR) is 80.9 cm³/mol. The number of methoxy groups -OCH3 is 1. The summed E-state index contributed by atoms with van der Waals surface area (Å²) in [5.41, 5.74) is 7.89. The van der Waals surface area contributed by atoms with Crippen molar-refractivity contribution in [2.45, 2.75) is 25.2 Å². The average molecular weight is 287 g/mol. The van der Waals surface area contributed by atoms with Crippen LogP contribution >= 0.6 is 11.3 Å². The molecule has 0 aliphatic heterocycles. The van der Waals surface area contributed by atoms with Crippen molar-refractivity contribution in [2.75, 3.05) is 7.11 Å². The van der Waals surface area contributed by atoms with Gasteiger partial charge in [-0.15, -0.1) is 11.3 Å². The number of benzene rings is 1. The quantitative estimate of drug-likeness (QED) is 0.656. The molecule has 0 atom stereocenters. The number of nitrogens with one attached hydrogen (secondary N) is 1. The minimum Gasteiger partial charge on any atom is -0.497 e. The van der Waals surface area contributed by atoms with Crippen LogP contribution in [0.5, 0.6) is 5.75 Å². The van der Waals surface area contributed by atoms with Gasteiger partial charge in [0.15, 0.2) is 0 Å². The minimum atomic E-state index is 0.144. The van der Waals surface area contributed by atoms with Crippen molar-refractivity contribution in [2.24, 2.45) is 5.73 Å². The molecule has 0 amide bonds. The standard InChI is InChI=1S/C15H17N3OS/c1-19-11-6-2-9(3-7-11)8-12-18-13(10-4-5-10)14(20-12)15(16)17/h2-3,6-7,10H,4-5,8H2,1H3,(H3,16,17). The number of thiazole rings is 1. The van der Waals surface area contributed by atoms with E-state index in [1.807, 2.05) is 24.3 Å². The van der Waals surface area contributed by atoms with Crippen LogP contribution in [0.4, 0.5) is 0 Å². The second kappa shape index (κ2) is 5.25. The lowest BCUT2D eigenvalue weighted by atomic mass is 10.1. The van der Waals surface area contributed by atoms with E-state index >= 15 is 0 Å². The van der Waals surface area contributed by atoms with Gasteiger partial charge in [-0.1, -0.05) is 12.1 Å². The molecule has 1 aliphatic rings. The molecule has 1 fully saturated rings. The lowest BCUT2D eigenvalue weighted by Crippen LogP contribution is -2.11. The molecular weight excluding hydrogens is 270 g/mol. The molecule has 1 aliphatic carbocycles. The fourth-order valence-electron chi connectivity index (χ4n) is 2.20. The van der Waals surface area contributed by atoms with Gasteiger partial charge >= 0.3 is 0 Å². The third-order valence-corrected chi connectivity index (χ3v) is 4.53. The molecule has 0 bridgehead atoms. The SMILES string of the molecule is COc1ccc(Cc2nc(C3CC3)c(C(=N)N)s2)cc1. The van der Waals surface area contributed by atoms with Gasteiger partial charge in [-0.25, -0.2) is 4.98 Å². The number of aromatic nitrogens is 1. The molecule has 3 rings (SSSR count). The number of rotatable bonds is 5. The second-order valence-electron chi connectivity index (χ2n) is 5.03. The van der Waals surface area contributed by atoms with E-state index in [9.17, 15) is 0 Å². The molecule has 0 saturated heterocycles. The smallest absolute Gasteiger partial charge is 0.135 e.